The predicted molar refractivity (Wildman–Crippen MR) is 69.7 cm³/mol. The molecule has 1 unspecified atom stereocenters. The van der Waals surface area contributed by atoms with E-state index in [2.05, 4.69) is 4.98 Å². The highest BCUT2D eigenvalue weighted by atomic mass is 32.1. The molecule has 1 aromatic rings. The van der Waals surface area contributed by atoms with E-state index < -0.39 is 0 Å². The van der Waals surface area contributed by atoms with Crippen LogP contribution >= 0.6 is 11.3 Å². The van der Waals surface area contributed by atoms with Crippen molar-refractivity contribution < 1.29 is 14.3 Å². The fourth-order valence-corrected chi connectivity index (χ4v) is 2.91. The Hall–Kier alpha value is -0.940. The van der Waals surface area contributed by atoms with E-state index in [-0.39, 0.29) is 12.4 Å². The van der Waals surface area contributed by atoms with E-state index in [1.807, 2.05) is 12.3 Å². The average molecular weight is 269 g/mol. The van der Waals surface area contributed by atoms with Crippen LogP contribution in [0.4, 0.5) is 0 Å². The van der Waals surface area contributed by atoms with E-state index in [1.54, 1.807) is 11.3 Å². The monoisotopic (exact) mass is 269 g/mol. The van der Waals surface area contributed by atoms with Gasteiger partial charge in [-0.25, -0.2) is 4.98 Å². The summed E-state index contributed by atoms with van der Waals surface area (Å²) in [7, 11) is 0. The predicted octanol–water partition coefficient (Wildman–Crippen LogP) is 2.36. The van der Waals surface area contributed by atoms with Gasteiger partial charge in [-0.3, -0.25) is 4.79 Å². The zero-order chi connectivity index (χ0) is 12.8. The highest BCUT2D eigenvalue weighted by Crippen LogP contribution is 2.19. The first-order chi connectivity index (χ1) is 8.78. The third-order valence-corrected chi connectivity index (χ3v) is 3.83. The van der Waals surface area contributed by atoms with E-state index in [0.29, 0.717) is 12.7 Å². The van der Waals surface area contributed by atoms with Gasteiger partial charge in [0.05, 0.1) is 29.8 Å². The maximum Gasteiger partial charge on any atom is 0.311 e. The van der Waals surface area contributed by atoms with Crippen molar-refractivity contribution in [3.63, 3.8) is 0 Å². The molecule has 5 heteroatoms. The first-order valence-corrected chi connectivity index (χ1v) is 7.36. The smallest absolute Gasteiger partial charge is 0.311 e. The minimum absolute atomic E-state index is 0.205. The Bertz CT molecular complexity index is 385. The van der Waals surface area contributed by atoms with Crippen LogP contribution in [0.1, 0.15) is 36.9 Å². The maximum absolute atomic E-state index is 11.3. The molecule has 0 bridgehead atoms. The summed E-state index contributed by atoms with van der Waals surface area (Å²) >= 11 is 1.60. The Balaban J connectivity index is 1.83. The summed E-state index contributed by atoms with van der Waals surface area (Å²) in [6.07, 6.45) is 4.98. The van der Waals surface area contributed by atoms with Gasteiger partial charge < -0.3 is 9.47 Å². The second-order valence-corrected chi connectivity index (χ2v) is 5.35. The summed E-state index contributed by atoms with van der Waals surface area (Å²) in [5.74, 6) is -0.205. The van der Waals surface area contributed by atoms with Gasteiger partial charge in [0.25, 0.3) is 0 Å². The molecule has 1 saturated heterocycles. The van der Waals surface area contributed by atoms with E-state index in [1.165, 1.54) is 12.8 Å². The lowest BCUT2D eigenvalue weighted by atomic mass is 10.1. The Morgan fingerprint density at radius 2 is 2.50 bits per heavy atom. The molecule has 1 aromatic heterocycles. The van der Waals surface area contributed by atoms with Gasteiger partial charge in [-0.1, -0.05) is 0 Å². The molecule has 18 heavy (non-hydrogen) atoms. The Labute approximate surface area is 111 Å². The van der Waals surface area contributed by atoms with Gasteiger partial charge in [0.15, 0.2) is 0 Å². The van der Waals surface area contributed by atoms with Gasteiger partial charge in [-0.15, -0.1) is 11.3 Å². The third-order valence-electron chi connectivity index (χ3n) is 2.91. The number of ether oxygens (including phenoxy) is 2. The van der Waals surface area contributed by atoms with Crippen molar-refractivity contribution in [2.24, 2.45) is 0 Å². The Kier molecular flexibility index (Phi) is 5.13. The van der Waals surface area contributed by atoms with Crippen molar-refractivity contribution in [2.45, 2.75) is 45.1 Å². The minimum Gasteiger partial charge on any atom is -0.466 e. The van der Waals surface area contributed by atoms with Crippen LogP contribution in [0.3, 0.4) is 0 Å². The fourth-order valence-electron chi connectivity index (χ4n) is 2.05. The molecule has 0 spiro atoms. The molecule has 0 aromatic carbocycles. The van der Waals surface area contributed by atoms with Gasteiger partial charge in [0, 0.05) is 18.4 Å². The highest BCUT2D eigenvalue weighted by molar-refractivity contribution is 7.09. The van der Waals surface area contributed by atoms with Crippen molar-refractivity contribution in [3.05, 3.63) is 16.1 Å². The maximum atomic E-state index is 11.3. The normalized spacial score (nSPS) is 19.7. The number of aromatic nitrogens is 1. The summed E-state index contributed by atoms with van der Waals surface area (Å²) < 4.78 is 10.6. The van der Waals surface area contributed by atoms with Crippen molar-refractivity contribution in [1.29, 1.82) is 0 Å². The number of carbonyl (C=O) groups excluding carboxylic acids is 1. The molecule has 2 heterocycles. The summed E-state index contributed by atoms with van der Waals surface area (Å²) in [5, 5.41) is 3.00. The van der Waals surface area contributed by atoms with Crippen molar-refractivity contribution in [2.75, 3.05) is 13.2 Å². The number of esters is 1. The van der Waals surface area contributed by atoms with Gasteiger partial charge in [0.2, 0.25) is 0 Å². The van der Waals surface area contributed by atoms with Crippen LogP contribution in [0.2, 0.25) is 0 Å². The first kappa shape index (κ1) is 13.5. The zero-order valence-electron chi connectivity index (χ0n) is 10.7. The summed E-state index contributed by atoms with van der Waals surface area (Å²) in [6.45, 7) is 3.10. The number of hydrogen-bond acceptors (Lipinski definition) is 5. The van der Waals surface area contributed by atoms with Crippen LogP contribution in [0.5, 0.6) is 0 Å². The molecule has 1 fully saturated rings. The first-order valence-electron chi connectivity index (χ1n) is 6.48. The second kappa shape index (κ2) is 6.85. The van der Waals surface area contributed by atoms with Gasteiger partial charge in [0.1, 0.15) is 0 Å². The Morgan fingerprint density at radius 1 is 1.61 bits per heavy atom. The lowest BCUT2D eigenvalue weighted by molar-refractivity contribution is -0.142. The molecule has 100 valence electrons. The number of nitrogens with zero attached hydrogens (tertiary/aromatic N) is 1. The van der Waals surface area contributed by atoms with Gasteiger partial charge >= 0.3 is 5.97 Å². The molecule has 4 nitrogen and oxygen atoms in total. The molecular weight excluding hydrogens is 250 g/mol. The van der Waals surface area contributed by atoms with E-state index in [4.69, 9.17) is 9.47 Å². The molecule has 0 aliphatic carbocycles. The average Bonchev–Trinajstić information content (AvgIpc) is 2.78. The quantitative estimate of drug-likeness (QED) is 0.770. The highest BCUT2D eigenvalue weighted by Gasteiger charge is 2.16. The van der Waals surface area contributed by atoms with E-state index in [9.17, 15) is 4.79 Å². The number of carbonyl (C=O) groups is 1. The van der Waals surface area contributed by atoms with Crippen LogP contribution in [0, 0.1) is 0 Å². The minimum atomic E-state index is -0.205. The lowest BCUT2D eigenvalue weighted by Crippen LogP contribution is -2.21. The second-order valence-electron chi connectivity index (χ2n) is 4.41. The molecule has 1 aliphatic heterocycles. The van der Waals surface area contributed by atoms with E-state index >= 15 is 0 Å². The molecule has 0 N–H and O–H groups in total. The SMILES string of the molecule is CCOC(=O)Cc1csc(CC2CCCCO2)n1. The van der Waals surface area contributed by atoms with Crippen molar-refractivity contribution in [1.82, 2.24) is 4.98 Å². The molecule has 2 rings (SSSR count). The molecule has 0 radical (unpaired) electrons. The molecule has 1 aliphatic rings. The fraction of sp³-hybridized carbons (Fsp3) is 0.692. The number of thiazole rings is 1. The molecular formula is C13H19NO3S. The summed E-state index contributed by atoms with van der Waals surface area (Å²) in [6, 6.07) is 0. The zero-order valence-corrected chi connectivity index (χ0v) is 11.5. The molecule has 1 atom stereocenters. The lowest BCUT2D eigenvalue weighted by Gasteiger charge is -2.21. The van der Waals surface area contributed by atoms with Crippen LogP contribution in [-0.2, 0) is 27.1 Å². The van der Waals surface area contributed by atoms with Crippen molar-refractivity contribution in [3.8, 4) is 0 Å². The van der Waals surface area contributed by atoms with Gasteiger partial charge in [-0.2, -0.15) is 0 Å². The molecule has 0 amide bonds. The molecule has 0 saturated carbocycles. The van der Waals surface area contributed by atoms with Crippen molar-refractivity contribution >= 4 is 17.3 Å². The van der Waals surface area contributed by atoms with Crippen LogP contribution in [-0.4, -0.2) is 30.3 Å². The van der Waals surface area contributed by atoms with Crippen LogP contribution < -0.4 is 0 Å². The van der Waals surface area contributed by atoms with E-state index in [0.717, 1.165) is 30.2 Å². The van der Waals surface area contributed by atoms with Crippen LogP contribution in [0.25, 0.3) is 0 Å². The summed E-state index contributed by atoms with van der Waals surface area (Å²) in [5.41, 5.74) is 0.809. The number of rotatable bonds is 5. The Morgan fingerprint density at radius 3 is 3.22 bits per heavy atom. The van der Waals surface area contributed by atoms with Gasteiger partial charge in [-0.05, 0) is 26.2 Å². The largest absolute Gasteiger partial charge is 0.466 e. The summed E-state index contributed by atoms with van der Waals surface area (Å²) in [4.78, 5) is 15.8. The topological polar surface area (TPSA) is 48.4 Å². The van der Waals surface area contributed by atoms with Crippen LogP contribution in [0.15, 0.2) is 5.38 Å². The number of hydrogen-bond donors (Lipinski definition) is 0. The standard InChI is InChI=1S/C13H19NO3S/c1-2-16-13(15)7-10-9-18-12(14-10)8-11-5-3-4-6-17-11/h9,11H,2-8H2,1H3. The third kappa shape index (κ3) is 4.07.